The Labute approximate surface area is 248 Å². The number of allylic oxidation sites excluding steroid dienone is 2. The van der Waals surface area contributed by atoms with Crippen LogP contribution < -0.4 is 0 Å². The number of imide groups is 1. The van der Waals surface area contributed by atoms with Crippen LogP contribution in [0, 0.1) is 11.8 Å². The second-order valence-electron chi connectivity index (χ2n) is 11.9. The Morgan fingerprint density at radius 2 is 1.78 bits per heavy atom. The van der Waals surface area contributed by atoms with Crippen LogP contribution in [-0.2, 0) is 23.9 Å². The van der Waals surface area contributed by atoms with Gasteiger partial charge in [-0.3, -0.25) is 24.2 Å². The van der Waals surface area contributed by atoms with Gasteiger partial charge in [0.05, 0.1) is 6.54 Å². The van der Waals surface area contributed by atoms with E-state index in [1.807, 2.05) is 26.1 Å². The lowest BCUT2D eigenvalue weighted by atomic mass is 9.95. The summed E-state index contributed by atoms with van der Waals surface area (Å²) >= 11 is 0. The average molecular weight is 575 g/mol. The number of carbonyl (C=O) groups is 3. The second-order valence-corrected chi connectivity index (χ2v) is 11.9. The molecule has 2 heterocycles. The highest BCUT2D eigenvalue weighted by Crippen LogP contribution is 2.33. The van der Waals surface area contributed by atoms with Gasteiger partial charge >= 0.3 is 0 Å². The summed E-state index contributed by atoms with van der Waals surface area (Å²) in [6.45, 7) is 17.3. The lowest BCUT2D eigenvalue weighted by molar-refractivity contribution is -0.137. The molecule has 0 radical (unpaired) electrons. The van der Waals surface area contributed by atoms with Gasteiger partial charge in [0, 0.05) is 45.7 Å². The van der Waals surface area contributed by atoms with Gasteiger partial charge in [-0.1, -0.05) is 33.8 Å². The molecule has 0 aromatic carbocycles. The summed E-state index contributed by atoms with van der Waals surface area (Å²) in [4.78, 5) is 44.1. The van der Waals surface area contributed by atoms with Crippen molar-refractivity contribution in [1.82, 2.24) is 19.6 Å². The molecule has 0 saturated carbocycles. The largest absolute Gasteiger partial charge is 0.454 e. The monoisotopic (exact) mass is 574 g/mol. The van der Waals surface area contributed by atoms with Crippen LogP contribution in [0.4, 0.5) is 0 Å². The van der Waals surface area contributed by atoms with E-state index in [0.717, 1.165) is 80.9 Å². The third-order valence-electron chi connectivity index (χ3n) is 8.09. The van der Waals surface area contributed by atoms with Gasteiger partial charge in [-0.2, -0.15) is 0 Å². The Bertz CT molecular complexity index is 931. The molecule has 0 spiro atoms. The maximum atomic E-state index is 13.6. The van der Waals surface area contributed by atoms with Crippen molar-refractivity contribution in [3.63, 3.8) is 0 Å². The minimum atomic E-state index is -0.187. The zero-order valence-electron chi connectivity index (χ0n) is 26.4. The molecule has 3 amide bonds. The van der Waals surface area contributed by atoms with Crippen molar-refractivity contribution in [3.05, 3.63) is 35.8 Å². The molecule has 41 heavy (non-hydrogen) atoms. The molecule has 2 rings (SSSR count). The van der Waals surface area contributed by atoms with Gasteiger partial charge in [-0.25, -0.2) is 0 Å². The lowest BCUT2D eigenvalue weighted by Crippen LogP contribution is -2.44. The highest BCUT2D eigenvalue weighted by Gasteiger charge is 2.35. The molecule has 0 aliphatic carbocycles. The minimum absolute atomic E-state index is 0.187. The fraction of sp³-hybridized carbons (Fsp3) is 0.719. The molecule has 0 N–H and O–H groups in total. The van der Waals surface area contributed by atoms with E-state index >= 15 is 0 Å². The minimum Gasteiger partial charge on any atom is -0.454 e. The smallest absolute Gasteiger partial charge is 0.236 e. The molecule has 2 atom stereocenters. The normalized spacial score (nSPS) is 21.0. The second kappa shape index (κ2) is 18.0. The van der Waals surface area contributed by atoms with Crippen LogP contribution in [0.1, 0.15) is 72.6 Å². The van der Waals surface area contributed by atoms with Crippen LogP contribution in [0.3, 0.4) is 0 Å². The number of nitrogens with zero attached hydrogens (tertiary/aromatic N) is 4. The molecule has 0 bridgehead atoms. The van der Waals surface area contributed by atoms with E-state index in [9.17, 15) is 14.4 Å². The van der Waals surface area contributed by atoms with E-state index < -0.39 is 0 Å². The van der Waals surface area contributed by atoms with Gasteiger partial charge in [0.25, 0.3) is 0 Å². The molecule has 2 saturated heterocycles. The van der Waals surface area contributed by atoms with Crippen molar-refractivity contribution in [3.8, 4) is 0 Å². The van der Waals surface area contributed by atoms with Crippen LogP contribution in [0.15, 0.2) is 35.8 Å². The van der Waals surface area contributed by atoms with Crippen molar-refractivity contribution in [2.24, 2.45) is 11.8 Å². The summed E-state index contributed by atoms with van der Waals surface area (Å²) in [6, 6.07) is 0.223. The van der Waals surface area contributed by atoms with Gasteiger partial charge in [-0.15, -0.1) is 0 Å². The number of likely N-dealkylation sites (tertiary alicyclic amines) is 1. The SMILES string of the molecule is C=C(/C=C1/OCO/C1=C/C)C1CC(CCN(C)CCC(=O)N(C)C=O)N(CC(=O)N(CCCC)CCCC(C)C)C1. The molecule has 0 aromatic rings. The van der Waals surface area contributed by atoms with Crippen molar-refractivity contribution >= 4 is 18.2 Å². The van der Waals surface area contributed by atoms with Crippen LogP contribution in [-0.4, -0.2) is 104 Å². The highest BCUT2D eigenvalue weighted by atomic mass is 16.7. The molecule has 2 fully saturated rings. The molecule has 9 nitrogen and oxygen atoms in total. The summed E-state index contributed by atoms with van der Waals surface area (Å²) in [7, 11) is 3.48. The van der Waals surface area contributed by atoms with Gasteiger partial charge in [0.1, 0.15) is 0 Å². The van der Waals surface area contributed by atoms with E-state index in [-0.39, 0.29) is 30.6 Å². The quantitative estimate of drug-likeness (QED) is 0.224. The molecule has 2 unspecified atom stereocenters. The first-order valence-electron chi connectivity index (χ1n) is 15.3. The van der Waals surface area contributed by atoms with Gasteiger partial charge in [0.2, 0.25) is 25.0 Å². The van der Waals surface area contributed by atoms with Gasteiger partial charge in [-0.05, 0) is 82.2 Å². The predicted octanol–water partition coefficient (Wildman–Crippen LogP) is 4.42. The fourth-order valence-electron chi connectivity index (χ4n) is 5.35. The number of unbranched alkanes of at least 4 members (excludes halogenated alkanes) is 1. The molecular formula is C32H54N4O5. The zero-order chi connectivity index (χ0) is 30.4. The third kappa shape index (κ3) is 11.6. The van der Waals surface area contributed by atoms with Crippen molar-refractivity contribution in [1.29, 1.82) is 0 Å². The molecule has 2 aliphatic heterocycles. The summed E-state index contributed by atoms with van der Waals surface area (Å²) in [6.07, 6.45) is 10.7. The number of carbonyl (C=O) groups excluding carboxylic acids is 3. The Kier molecular flexibility index (Phi) is 15.2. The number of hydrogen-bond donors (Lipinski definition) is 0. The average Bonchev–Trinajstić information content (AvgIpc) is 3.57. The maximum Gasteiger partial charge on any atom is 0.236 e. The molecule has 2 aliphatic rings. The van der Waals surface area contributed by atoms with Crippen molar-refractivity contribution < 1.29 is 23.9 Å². The summed E-state index contributed by atoms with van der Waals surface area (Å²) < 4.78 is 11.2. The van der Waals surface area contributed by atoms with E-state index in [2.05, 4.69) is 42.0 Å². The maximum absolute atomic E-state index is 13.6. The molecule has 232 valence electrons. The zero-order valence-corrected chi connectivity index (χ0v) is 26.4. The van der Waals surface area contributed by atoms with E-state index in [4.69, 9.17) is 9.47 Å². The standard InChI is InChI=1S/C32H54N4O5/c1-8-10-15-35(16-11-12-25(3)4)32(39)22-36-21-27(26(5)19-30-29(9-2)40-24-41-30)20-28(36)13-17-33(6)18-14-31(38)34(7)23-37/h9,19,23,25,27-28H,5,8,10-18,20-22,24H2,1-4,6-7H3/b29-9+,30-19+. The Hall–Kier alpha value is -2.65. The predicted molar refractivity (Wildman–Crippen MR) is 163 cm³/mol. The topological polar surface area (TPSA) is 82.6 Å². The highest BCUT2D eigenvalue weighted by molar-refractivity contribution is 5.85. The first-order chi connectivity index (χ1) is 19.6. The molecular weight excluding hydrogens is 520 g/mol. The van der Waals surface area contributed by atoms with E-state index in [1.165, 1.54) is 7.05 Å². The Morgan fingerprint density at radius 3 is 2.44 bits per heavy atom. The molecule has 0 aromatic heterocycles. The first-order valence-corrected chi connectivity index (χ1v) is 15.3. The Balaban J connectivity index is 2.09. The number of amides is 3. The van der Waals surface area contributed by atoms with Crippen LogP contribution in [0.5, 0.6) is 0 Å². The van der Waals surface area contributed by atoms with Crippen LogP contribution in [0.2, 0.25) is 0 Å². The van der Waals surface area contributed by atoms with E-state index in [1.54, 1.807) is 0 Å². The number of hydrogen-bond acceptors (Lipinski definition) is 7. The fourth-order valence-corrected chi connectivity index (χ4v) is 5.35. The summed E-state index contributed by atoms with van der Waals surface area (Å²) in [5.41, 5.74) is 0.987. The van der Waals surface area contributed by atoms with Crippen LogP contribution in [0.25, 0.3) is 0 Å². The van der Waals surface area contributed by atoms with Crippen molar-refractivity contribution in [2.45, 2.75) is 78.7 Å². The number of rotatable bonds is 18. The number of ether oxygens (including phenoxy) is 2. The lowest BCUT2D eigenvalue weighted by Gasteiger charge is -2.29. The first kappa shape index (κ1) is 34.6. The van der Waals surface area contributed by atoms with Gasteiger partial charge in [0.15, 0.2) is 11.5 Å². The third-order valence-corrected chi connectivity index (χ3v) is 8.09. The molecule has 9 heteroatoms. The van der Waals surface area contributed by atoms with Crippen LogP contribution >= 0.6 is 0 Å². The van der Waals surface area contributed by atoms with E-state index in [0.29, 0.717) is 37.6 Å². The Morgan fingerprint density at radius 1 is 1.07 bits per heavy atom. The summed E-state index contributed by atoms with van der Waals surface area (Å²) in [5, 5.41) is 0. The van der Waals surface area contributed by atoms with Crippen molar-refractivity contribution in [2.75, 3.05) is 60.2 Å². The van der Waals surface area contributed by atoms with Gasteiger partial charge < -0.3 is 19.3 Å². The summed E-state index contributed by atoms with van der Waals surface area (Å²) in [5.74, 6) is 2.30.